The maximum absolute atomic E-state index is 13.0. The Balaban J connectivity index is 1.59. The van der Waals surface area contributed by atoms with E-state index in [4.69, 9.17) is 21.1 Å². The van der Waals surface area contributed by atoms with Crippen molar-refractivity contribution >= 4 is 23.0 Å². The van der Waals surface area contributed by atoms with Crippen molar-refractivity contribution in [1.29, 1.82) is 0 Å². The van der Waals surface area contributed by atoms with Crippen LogP contribution in [0.2, 0.25) is 5.02 Å². The highest BCUT2D eigenvalue weighted by Gasteiger charge is 2.31. The number of carbonyl (C=O) groups excluding carboxylic acids is 1. The van der Waals surface area contributed by atoms with Gasteiger partial charge in [-0.1, -0.05) is 35.9 Å². The van der Waals surface area contributed by atoms with Crippen LogP contribution in [0.4, 0.5) is 0 Å². The lowest BCUT2D eigenvalue weighted by atomic mass is 9.81. The normalized spacial score (nSPS) is 20.9. The van der Waals surface area contributed by atoms with Crippen LogP contribution in [0.3, 0.4) is 0 Å². The second-order valence-electron chi connectivity index (χ2n) is 7.82. The largest absolute Gasteiger partial charge is 0.512 e. The number of benzene rings is 2. The number of Topliss-reactive ketones (excluding diaryl/α,β-unsaturated/α-hetero) is 1. The average molecular weight is 413 g/mol. The van der Waals surface area contributed by atoms with Gasteiger partial charge in [-0.3, -0.25) is 4.79 Å². The number of ketones is 1. The standard InChI is InChI=1S/C24H25ClO4/c1-15-3-4-18(17-5-7-19(25)8-6-17)14-20(15)24-21(26)11-16(12-22(24)27)13-23-28-9-2-10-29-23/h3-8,14,16,23,26H,2,9-13H2,1H3. The van der Waals surface area contributed by atoms with Crippen LogP contribution in [-0.4, -0.2) is 30.4 Å². The third kappa shape index (κ3) is 4.55. The second kappa shape index (κ2) is 8.70. The Labute approximate surface area is 176 Å². The first-order chi connectivity index (χ1) is 14.0. The number of ether oxygens (including phenoxy) is 2. The first kappa shape index (κ1) is 20.1. The van der Waals surface area contributed by atoms with Gasteiger partial charge in [0.1, 0.15) is 5.76 Å². The molecule has 4 rings (SSSR count). The van der Waals surface area contributed by atoms with Gasteiger partial charge in [0.15, 0.2) is 12.1 Å². The number of hydrogen-bond donors (Lipinski definition) is 1. The molecule has 2 aliphatic rings. The van der Waals surface area contributed by atoms with Crippen LogP contribution >= 0.6 is 11.6 Å². The molecule has 0 bridgehead atoms. The molecular weight excluding hydrogens is 388 g/mol. The molecule has 1 saturated heterocycles. The van der Waals surface area contributed by atoms with Crippen LogP contribution in [0.15, 0.2) is 48.2 Å². The first-order valence-electron chi connectivity index (χ1n) is 10.1. The molecule has 1 unspecified atom stereocenters. The smallest absolute Gasteiger partial charge is 0.167 e. The van der Waals surface area contributed by atoms with Gasteiger partial charge in [-0.2, -0.15) is 0 Å². The molecular formula is C24H25ClO4. The van der Waals surface area contributed by atoms with Crippen molar-refractivity contribution in [3.8, 4) is 11.1 Å². The molecule has 0 amide bonds. The van der Waals surface area contributed by atoms with Crippen molar-refractivity contribution < 1.29 is 19.4 Å². The Morgan fingerprint density at radius 1 is 1.03 bits per heavy atom. The summed E-state index contributed by atoms with van der Waals surface area (Å²) in [5.74, 6) is 0.179. The van der Waals surface area contributed by atoms with E-state index in [0.717, 1.165) is 28.7 Å². The second-order valence-corrected chi connectivity index (χ2v) is 8.25. The molecule has 1 fully saturated rings. The lowest BCUT2D eigenvalue weighted by Gasteiger charge is -2.29. The third-order valence-corrected chi connectivity index (χ3v) is 5.88. The third-order valence-electron chi connectivity index (χ3n) is 5.63. The van der Waals surface area contributed by atoms with Crippen LogP contribution in [0.5, 0.6) is 0 Å². The maximum atomic E-state index is 13.0. The van der Waals surface area contributed by atoms with Crippen LogP contribution in [-0.2, 0) is 14.3 Å². The van der Waals surface area contributed by atoms with E-state index in [1.165, 1.54) is 0 Å². The van der Waals surface area contributed by atoms with E-state index < -0.39 is 0 Å². The number of aryl methyl sites for hydroxylation is 1. The minimum atomic E-state index is -0.272. The molecule has 1 N–H and O–H groups in total. The fourth-order valence-electron chi connectivity index (χ4n) is 4.10. The highest BCUT2D eigenvalue weighted by atomic mass is 35.5. The van der Waals surface area contributed by atoms with Crippen LogP contribution in [0.25, 0.3) is 16.7 Å². The van der Waals surface area contributed by atoms with Crippen molar-refractivity contribution in [2.75, 3.05) is 13.2 Å². The highest BCUT2D eigenvalue weighted by Crippen LogP contribution is 2.37. The Kier molecular flexibility index (Phi) is 6.04. The highest BCUT2D eigenvalue weighted by molar-refractivity contribution is 6.30. The summed E-state index contributed by atoms with van der Waals surface area (Å²) < 4.78 is 11.2. The monoisotopic (exact) mass is 412 g/mol. The summed E-state index contributed by atoms with van der Waals surface area (Å²) in [7, 11) is 0. The van der Waals surface area contributed by atoms with Crippen molar-refractivity contribution in [1.82, 2.24) is 0 Å². The summed E-state index contributed by atoms with van der Waals surface area (Å²) in [6.45, 7) is 3.34. The molecule has 0 radical (unpaired) electrons. The topological polar surface area (TPSA) is 55.8 Å². The number of aliphatic hydroxyl groups is 1. The predicted octanol–water partition coefficient (Wildman–Crippen LogP) is 5.72. The predicted molar refractivity (Wildman–Crippen MR) is 114 cm³/mol. The number of allylic oxidation sites excluding steroid dienone is 2. The molecule has 0 aromatic heterocycles. The van der Waals surface area contributed by atoms with Crippen molar-refractivity contribution in [2.45, 2.75) is 38.9 Å². The minimum Gasteiger partial charge on any atom is -0.512 e. The van der Waals surface area contributed by atoms with E-state index in [0.29, 0.717) is 43.1 Å². The van der Waals surface area contributed by atoms with Gasteiger partial charge in [-0.15, -0.1) is 0 Å². The molecule has 5 heteroatoms. The number of carbonyl (C=O) groups is 1. The molecule has 152 valence electrons. The van der Waals surface area contributed by atoms with Gasteiger partial charge in [0, 0.05) is 24.3 Å². The average Bonchev–Trinajstić information content (AvgIpc) is 2.70. The zero-order valence-corrected chi connectivity index (χ0v) is 17.2. The summed E-state index contributed by atoms with van der Waals surface area (Å²) in [4.78, 5) is 13.0. The Morgan fingerprint density at radius 3 is 2.41 bits per heavy atom. The summed E-state index contributed by atoms with van der Waals surface area (Å²) in [6, 6.07) is 13.6. The van der Waals surface area contributed by atoms with Gasteiger partial charge >= 0.3 is 0 Å². The summed E-state index contributed by atoms with van der Waals surface area (Å²) >= 11 is 6.00. The molecule has 0 saturated carbocycles. The van der Waals surface area contributed by atoms with E-state index >= 15 is 0 Å². The molecule has 0 spiro atoms. The molecule has 29 heavy (non-hydrogen) atoms. The van der Waals surface area contributed by atoms with Crippen LogP contribution < -0.4 is 0 Å². The Morgan fingerprint density at radius 2 is 1.72 bits per heavy atom. The fraction of sp³-hybridized carbons (Fsp3) is 0.375. The van der Waals surface area contributed by atoms with Gasteiger partial charge < -0.3 is 14.6 Å². The van der Waals surface area contributed by atoms with E-state index in [1.807, 2.05) is 49.4 Å². The number of halogens is 1. The van der Waals surface area contributed by atoms with Crippen molar-refractivity contribution in [2.24, 2.45) is 5.92 Å². The lowest BCUT2D eigenvalue weighted by Crippen LogP contribution is -2.29. The van der Waals surface area contributed by atoms with Crippen molar-refractivity contribution in [3.63, 3.8) is 0 Å². The number of rotatable bonds is 4. The summed E-state index contributed by atoms with van der Waals surface area (Å²) in [6.07, 6.45) is 2.12. The summed E-state index contributed by atoms with van der Waals surface area (Å²) in [5, 5.41) is 11.5. The quantitative estimate of drug-likeness (QED) is 0.698. The molecule has 1 atom stereocenters. The van der Waals surface area contributed by atoms with Gasteiger partial charge in [0.25, 0.3) is 0 Å². The zero-order valence-electron chi connectivity index (χ0n) is 16.5. The maximum Gasteiger partial charge on any atom is 0.167 e. The number of aliphatic hydroxyl groups excluding tert-OH is 1. The van der Waals surface area contributed by atoms with Crippen LogP contribution in [0, 0.1) is 12.8 Å². The van der Waals surface area contributed by atoms with Gasteiger partial charge in [0.05, 0.1) is 18.8 Å². The van der Waals surface area contributed by atoms with Gasteiger partial charge in [0.2, 0.25) is 0 Å². The Bertz CT molecular complexity index is 926. The molecule has 2 aromatic rings. The summed E-state index contributed by atoms with van der Waals surface area (Å²) in [5.41, 5.74) is 4.21. The molecule has 1 aliphatic carbocycles. The van der Waals surface area contributed by atoms with Gasteiger partial charge in [-0.25, -0.2) is 0 Å². The molecule has 1 heterocycles. The fourth-order valence-corrected chi connectivity index (χ4v) is 4.23. The molecule has 4 nitrogen and oxygen atoms in total. The van der Waals surface area contributed by atoms with Crippen LogP contribution in [0.1, 0.15) is 36.8 Å². The van der Waals surface area contributed by atoms with E-state index in [9.17, 15) is 9.90 Å². The molecule has 1 aliphatic heterocycles. The minimum absolute atomic E-state index is 0.0223. The van der Waals surface area contributed by atoms with E-state index in [2.05, 4.69) is 0 Å². The zero-order chi connectivity index (χ0) is 20.4. The van der Waals surface area contributed by atoms with Gasteiger partial charge in [-0.05, 0) is 59.7 Å². The van der Waals surface area contributed by atoms with Crippen molar-refractivity contribution in [3.05, 3.63) is 64.4 Å². The first-order valence-corrected chi connectivity index (χ1v) is 10.4. The molecule has 2 aromatic carbocycles. The van der Waals surface area contributed by atoms with E-state index in [1.54, 1.807) is 0 Å². The Hall–Kier alpha value is -2.14. The van der Waals surface area contributed by atoms with E-state index in [-0.39, 0.29) is 23.8 Å². The SMILES string of the molecule is Cc1ccc(-c2ccc(Cl)cc2)cc1C1=C(O)CC(CC2OCCCO2)CC1=O. The number of hydrogen-bond acceptors (Lipinski definition) is 4. The lowest BCUT2D eigenvalue weighted by molar-refractivity contribution is -0.187.